The smallest absolute Gasteiger partial charge is 0.315 e. The van der Waals surface area contributed by atoms with E-state index in [1.807, 2.05) is 13.8 Å². The lowest BCUT2D eigenvalue weighted by Gasteiger charge is -2.20. The molecule has 1 aromatic rings. The van der Waals surface area contributed by atoms with Gasteiger partial charge in [0.2, 0.25) is 0 Å². The Balaban J connectivity index is 1.80. The molecule has 2 amide bonds. The minimum atomic E-state index is -0.600. The molecule has 134 valence electrons. The molecule has 1 aliphatic heterocycles. The monoisotopic (exact) mass is 341 g/mol. The Morgan fingerprint density at radius 1 is 1.38 bits per heavy atom. The first kappa shape index (κ1) is 18.4. The molecular formula is C17H25F2N3O2. The third-order valence-corrected chi connectivity index (χ3v) is 4.02. The fourth-order valence-corrected chi connectivity index (χ4v) is 2.95. The maximum atomic E-state index is 13.8. The van der Waals surface area contributed by atoms with Gasteiger partial charge < -0.3 is 20.6 Å². The van der Waals surface area contributed by atoms with Crippen molar-refractivity contribution < 1.29 is 18.7 Å². The number of carbonyl (C=O) groups excluding carboxylic acids is 1. The number of urea groups is 1. The highest BCUT2D eigenvalue weighted by Gasteiger charge is 2.27. The number of amides is 2. The van der Waals surface area contributed by atoms with Crippen LogP contribution in [0.25, 0.3) is 0 Å². The van der Waals surface area contributed by atoms with E-state index < -0.39 is 17.7 Å². The number of nitrogens with one attached hydrogen (secondary N) is 2. The van der Waals surface area contributed by atoms with E-state index in [1.165, 1.54) is 18.2 Å². The van der Waals surface area contributed by atoms with Crippen molar-refractivity contribution in [2.24, 2.45) is 5.92 Å². The van der Waals surface area contributed by atoms with Gasteiger partial charge in [-0.3, -0.25) is 0 Å². The fraction of sp³-hybridized carbons (Fsp3) is 0.588. The van der Waals surface area contributed by atoms with Crippen LogP contribution in [0, 0.1) is 17.6 Å². The van der Waals surface area contributed by atoms with Crippen LogP contribution in [0.2, 0.25) is 0 Å². The highest BCUT2D eigenvalue weighted by Crippen LogP contribution is 2.26. The zero-order valence-corrected chi connectivity index (χ0v) is 14.1. The highest BCUT2D eigenvalue weighted by molar-refractivity contribution is 5.74. The maximum Gasteiger partial charge on any atom is 0.315 e. The van der Waals surface area contributed by atoms with E-state index in [-0.39, 0.29) is 24.3 Å². The quantitative estimate of drug-likeness (QED) is 0.744. The normalized spacial score (nSPS) is 18.8. The number of carbonyl (C=O) groups is 1. The van der Waals surface area contributed by atoms with Crippen LogP contribution in [0.3, 0.4) is 0 Å². The van der Waals surface area contributed by atoms with Crippen molar-refractivity contribution in [1.29, 1.82) is 0 Å². The Kier molecular flexibility index (Phi) is 6.36. The standard InChI is InChI=1S/C17H25F2N3O2/c1-11(2)8-13(23)9-20-17(24)21-12-6-7-22(10-12)16-14(18)4-3-5-15(16)19/h3-5,11-13,23H,6-10H2,1-2H3,(H2,20,21,24). The third kappa shape index (κ3) is 5.06. The summed E-state index contributed by atoms with van der Waals surface area (Å²) in [7, 11) is 0. The van der Waals surface area contributed by atoms with Crippen LogP contribution in [0.5, 0.6) is 0 Å². The Labute approximate surface area is 141 Å². The van der Waals surface area contributed by atoms with Crippen molar-refractivity contribution in [2.75, 3.05) is 24.5 Å². The molecular weight excluding hydrogens is 316 g/mol. The van der Waals surface area contributed by atoms with Gasteiger partial charge in [-0.25, -0.2) is 13.6 Å². The van der Waals surface area contributed by atoms with Crippen LogP contribution in [-0.4, -0.2) is 42.9 Å². The summed E-state index contributed by atoms with van der Waals surface area (Å²) in [6.45, 7) is 5.00. The van der Waals surface area contributed by atoms with Crippen molar-refractivity contribution in [2.45, 2.75) is 38.8 Å². The molecule has 0 spiro atoms. The van der Waals surface area contributed by atoms with Gasteiger partial charge >= 0.3 is 6.03 Å². The molecule has 2 rings (SSSR count). The van der Waals surface area contributed by atoms with Gasteiger partial charge in [0.25, 0.3) is 0 Å². The maximum absolute atomic E-state index is 13.8. The molecule has 24 heavy (non-hydrogen) atoms. The predicted molar refractivity (Wildman–Crippen MR) is 89.0 cm³/mol. The zero-order chi connectivity index (χ0) is 17.7. The molecule has 5 nitrogen and oxygen atoms in total. The molecule has 0 saturated carbocycles. The Hall–Kier alpha value is -1.89. The molecule has 0 radical (unpaired) electrons. The number of aliphatic hydroxyl groups excluding tert-OH is 1. The van der Waals surface area contributed by atoms with E-state index in [9.17, 15) is 18.7 Å². The molecule has 1 aromatic carbocycles. The number of nitrogens with zero attached hydrogens (tertiary/aromatic N) is 1. The first-order chi connectivity index (χ1) is 11.4. The summed E-state index contributed by atoms with van der Waals surface area (Å²) in [5, 5.41) is 15.2. The molecule has 1 aliphatic rings. The lowest BCUT2D eigenvalue weighted by molar-refractivity contribution is 0.146. The molecule has 2 atom stereocenters. The molecule has 7 heteroatoms. The van der Waals surface area contributed by atoms with Crippen LogP contribution in [0.4, 0.5) is 19.3 Å². The first-order valence-corrected chi connectivity index (χ1v) is 8.28. The van der Waals surface area contributed by atoms with E-state index >= 15 is 0 Å². The molecule has 1 heterocycles. The van der Waals surface area contributed by atoms with Gasteiger partial charge in [0.05, 0.1) is 6.10 Å². The third-order valence-electron chi connectivity index (χ3n) is 4.02. The molecule has 1 saturated heterocycles. The van der Waals surface area contributed by atoms with E-state index in [1.54, 1.807) is 4.90 Å². The zero-order valence-electron chi connectivity index (χ0n) is 14.1. The minimum Gasteiger partial charge on any atom is -0.391 e. The molecule has 0 aromatic heterocycles. The van der Waals surface area contributed by atoms with Gasteiger partial charge in [0.15, 0.2) is 0 Å². The van der Waals surface area contributed by atoms with E-state index in [2.05, 4.69) is 10.6 Å². The second kappa shape index (κ2) is 8.28. The topological polar surface area (TPSA) is 64.6 Å². The van der Waals surface area contributed by atoms with Crippen molar-refractivity contribution in [3.8, 4) is 0 Å². The van der Waals surface area contributed by atoms with E-state index in [0.29, 0.717) is 31.8 Å². The number of aliphatic hydroxyl groups is 1. The van der Waals surface area contributed by atoms with Gasteiger partial charge in [-0.2, -0.15) is 0 Å². The Bertz CT molecular complexity index is 549. The van der Waals surface area contributed by atoms with Crippen LogP contribution in [-0.2, 0) is 0 Å². The molecule has 3 N–H and O–H groups in total. The Morgan fingerprint density at radius 2 is 2.04 bits per heavy atom. The van der Waals surface area contributed by atoms with E-state index in [4.69, 9.17) is 0 Å². The van der Waals surface area contributed by atoms with Gasteiger partial charge in [0.1, 0.15) is 17.3 Å². The largest absolute Gasteiger partial charge is 0.391 e. The number of hydrogen-bond acceptors (Lipinski definition) is 3. The molecule has 0 bridgehead atoms. The van der Waals surface area contributed by atoms with Crippen LogP contribution >= 0.6 is 0 Å². The summed E-state index contributed by atoms with van der Waals surface area (Å²) < 4.78 is 27.6. The summed E-state index contributed by atoms with van der Waals surface area (Å²) in [5.41, 5.74) is -0.0467. The van der Waals surface area contributed by atoms with Gasteiger partial charge in [-0.05, 0) is 30.9 Å². The number of benzene rings is 1. The van der Waals surface area contributed by atoms with Gasteiger partial charge in [0, 0.05) is 25.7 Å². The molecule has 2 unspecified atom stereocenters. The Morgan fingerprint density at radius 3 is 2.67 bits per heavy atom. The summed E-state index contributed by atoms with van der Waals surface area (Å²) in [6.07, 6.45) is 0.642. The summed E-state index contributed by atoms with van der Waals surface area (Å²) >= 11 is 0. The predicted octanol–water partition coefficient (Wildman–Crippen LogP) is 2.25. The average molecular weight is 341 g/mol. The van der Waals surface area contributed by atoms with Crippen LogP contribution < -0.4 is 15.5 Å². The van der Waals surface area contributed by atoms with Gasteiger partial charge in [-0.15, -0.1) is 0 Å². The number of hydrogen-bond donors (Lipinski definition) is 3. The van der Waals surface area contributed by atoms with Crippen molar-refractivity contribution in [1.82, 2.24) is 10.6 Å². The summed E-state index contributed by atoms with van der Waals surface area (Å²) in [5.74, 6) is -0.849. The van der Waals surface area contributed by atoms with Crippen molar-refractivity contribution >= 4 is 11.7 Å². The van der Waals surface area contributed by atoms with Crippen molar-refractivity contribution in [3.63, 3.8) is 0 Å². The molecule has 0 aliphatic carbocycles. The lowest BCUT2D eigenvalue weighted by Crippen LogP contribution is -2.45. The van der Waals surface area contributed by atoms with Crippen LogP contribution in [0.1, 0.15) is 26.7 Å². The van der Waals surface area contributed by atoms with Crippen molar-refractivity contribution in [3.05, 3.63) is 29.8 Å². The number of para-hydroxylation sites is 1. The summed E-state index contributed by atoms with van der Waals surface area (Å²) in [4.78, 5) is 13.5. The number of anilines is 1. The SMILES string of the molecule is CC(C)CC(O)CNC(=O)NC1CCN(c2c(F)cccc2F)C1. The summed E-state index contributed by atoms with van der Waals surface area (Å²) in [6, 6.07) is 3.21. The van der Waals surface area contributed by atoms with Gasteiger partial charge in [-0.1, -0.05) is 19.9 Å². The van der Waals surface area contributed by atoms with E-state index in [0.717, 1.165) is 0 Å². The minimum absolute atomic E-state index is 0.0467. The lowest BCUT2D eigenvalue weighted by atomic mass is 10.1. The fourth-order valence-electron chi connectivity index (χ4n) is 2.95. The average Bonchev–Trinajstić information content (AvgIpc) is 2.92. The molecule has 1 fully saturated rings. The number of rotatable bonds is 6. The highest BCUT2D eigenvalue weighted by atomic mass is 19.1. The van der Waals surface area contributed by atoms with Crippen LogP contribution in [0.15, 0.2) is 18.2 Å². The second-order valence-corrected chi connectivity index (χ2v) is 6.64. The first-order valence-electron chi connectivity index (χ1n) is 8.28. The number of halogens is 2. The second-order valence-electron chi connectivity index (χ2n) is 6.64.